The molecule has 7 nitrogen and oxygen atoms in total. The predicted octanol–water partition coefficient (Wildman–Crippen LogP) is 3.21. The molecule has 2 heterocycles. The quantitative estimate of drug-likeness (QED) is 0.689. The number of ether oxygens (including phenoxy) is 1. The van der Waals surface area contributed by atoms with Crippen molar-refractivity contribution in [1.29, 1.82) is 0 Å². The van der Waals surface area contributed by atoms with Crippen molar-refractivity contribution in [2.45, 2.75) is 37.0 Å². The maximum absolute atomic E-state index is 13.1. The van der Waals surface area contributed by atoms with Crippen LogP contribution in [0.4, 0.5) is 5.69 Å². The highest BCUT2D eigenvalue weighted by atomic mass is 32.2. The van der Waals surface area contributed by atoms with E-state index >= 15 is 0 Å². The first-order valence-electron chi connectivity index (χ1n) is 10.7. The molecular weight excluding hydrogens is 434 g/mol. The number of likely N-dealkylation sites (N-methyl/N-ethyl adjacent to an activating group) is 1. The molecule has 1 fully saturated rings. The van der Waals surface area contributed by atoms with Crippen molar-refractivity contribution in [3.63, 3.8) is 0 Å². The number of nitrogens with zero attached hydrogens (tertiary/aromatic N) is 2. The second kappa shape index (κ2) is 9.28. The predicted molar refractivity (Wildman–Crippen MR) is 123 cm³/mol. The van der Waals surface area contributed by atoms with Crippen LogP contribution in [0.2, 0.25) is 0 Å². The molecule has 0 spiro atoms. The van der Waals surface area contributed by atoms with Crippen molar-refractivity contribution >= 4 is 33.0 Å². The van der Waals surface area contributed by atoms with Crippen LogP contribution in [-0.2, 0) is 22.9 Å². The number of anilines is 1. The van der Waals surface area contributed by atoms with Crippen molar-refractivity contribution < 1.29 is 17.9 Å². The Labute approximate surface area is 188 Å². The van der Waals surface area contributed by atoms with Crippen molar-refractivity contribution in [3.8, 4) is 5.75 Å². The zero-order chi connectivity index (χ0) is 22.0. The zero-order valence-corrected chi connectivity index (χ0v) is 19.7. The smallest absolute Gasteiger partial charge is 0.265 e. The number of carbonyl (C=O) groups excluding carboxylic acids is 1. The SMILES string of the molecule is COc1ccc(S(=O)(=O)N2CCN(C)CC2)cc1NC(=O)c1cc2c(s1)CCCCC2. The van der Waals surface area contributed by atoms with Crippen LogP contribution in [0.25, 0.3) is 0 Å². The van der Waals surface area contributed by atoms with Crippen LogP contribution in [0.15, 0.2) is 29.2 Å². The molecule has 1 N–H and O–H groups in total. The summed E-state index contributed by atoms with van der Waals surface area (Å²) in [6.07, 6.45) is 5.59. The van der Waals surface area contributed by atoms with Crippen LogP contribution >= 0.6 is 11.3 Å². The standard InChI is InChI=1S/C22H29N3O4S2/c1-24-10-12-25(13-11-24)31(27,28)17-8-9-19(29-2)18(15-17)23-22(26)21-14-16-6-4-3-5-7-20(16)30-21/h8-9,14-15H,3-7,10-13H2,1-2H3,(H,23,26). The molecule has 1 aliphatic carbocycles. The minimum Gasteiger partial charge on any atom is -0.495 e. The van der Waals surface area contributed by atoms with E-state index in [2.05, 4.69) is 10.2 Å². The van der Waals surface area contributed by atoms with Gasteiger partial charge in [-0.05, 0) is 62.6 Å². The minimum absolute atomic E-state index is 0.162. The lowest BCUT2D eigenvalue weighted by molar-refractivity contribution is 0.103. The number of methoxy groups -OCH3 is 1. The summed E-state index contributed by atoms with van der Waals surface area (Å²) in [5, 5.41) is 2.88. The van der Waals surface area contributed by atoms with E-state index in [1.807, 2.05) is 13.1 Å². The van der Waals surface area contributed by atoms with Crippen molar-refractivity contribution in [2.75, 3.05) is 45.7 Å². The molecule has 0 unspecified atom stereocenters. The lowest BCUT2D eigenvalue weighted by Crippen LogP contribution is -2.47. The molecule has 0 saturated carbocycles. The summed E-state index contributed by atoms with van der Waals surface area (Å²) in [4.78, 5) is 17.2. The van der Waals surface area contributed by atoms with Gasteiger partial charge in [-0.3, -0.25) is 4.79 Å². The lowest BCUT2D eigenvalue weighted by atomic mass is 10.1. The van der Waals surface area contributed by atoms with Gasteiger partial charge in [0.25, 0.3) is 5.91 Å². The first kappa shape index (κ1) is 22.3. The highest BCUT2D eigenvalue weighted by molar-refractivity contribution is 7.89. The van der Waals surface area contributed by atoms with Crippen molar-refractivity contribution in [3.05, 3.63) is 39.6 Å². The van der Waals surface area contributed by atoms with E-state index in [-0.39, 0.29) is 10.8 Å². The van der Waals surface area contributed by atoms with Gasteiger partial charge in [0.05, 0.1) is 22.6 Å². The molecule has 1 amide bonds. The van der Waals surface area contributed by atoms with E-state index in [4.69, 9.17) is 4.74 Å². The molecule has 2 aromatic rings. The molecule has 1 aromatic heterocycles. The van der Waals surface area contributed by atoms with E-state index in [0.717, 1.165) is 25.7 Å². The van der Waals surface area contributed by atoms with Gasteiger partial charge >= 0.3 is 0 Å². The molecule has 168 valence electrons. The topological polar surface area (TPSA) is 79.0 Å². The van der Waals surface area contributed by atoms with E-state index in [1.54, 1.807) is 6.07 Å². The molecule has 9 heteroatoms. The van der Waals surface area contributed by atoms with E-state index in [0.29, 0.717) is 42.5 Å². The molecule has 0 radical (unpaired) electrons. The number of thiophene rings is 1. The summed E-state index contributed by atoms with van der Waals surface area (Å²) in [5.74, 6) is 0.203. The van der Waals surface area contributed by atoms with Gasteiger partial charge in [-0.15, -0.1) is 11.3 Å². The Morgan fingerprint density at radius 2 is 1.81 bits per heavy atom. The Kier molecular flexibility index (Phi) is 6.66. The Bertz CT molecular complexity index is 1030. The maximum atomic E-state index is 13.1. The highest BCUT2D eigenvalue weighted by Gasteiger charge is 2.28. The van der Waals surface area contributed by atoms with Gasteiger partial charge in [0.15, 0.2) is 0 Å². The summed E-state index contributed by atoms with van der Waals surface area (Å²) in [6, 6.07) is 6.62. The fourth-order valence-electron chi connectivity index (χ4n) is 4.09. The average molecular weight is 464 g/mol. The average Bonchev–Trinajstić information content (AvgIpc) is 3.04. The van der Waals surface area contributed by atoms with Gasteiger partial charge in [0, 0.05) is 31.1 Å². The number of aryl methyl sites for hydroxylation is 2. The monoisotopic (exact) mass is 463 g/mol. The number of rotatable bonds is 5. The highest BCUT2D eigenvalue weighted by Crippen LogP contribution is 2.32. The largest absolute Gasteiger partial charge is 0.495 e. The normalized spacial score (nSPS) is 18.3. The number of nitrogens with one attached hydrogen (secondary N) is 1. The summed E-state index contributed by atoms with van der Waals surface area (Å²) in [5.41, 5.74) is 1.64. The number of benzene rings is 1. The maximum Gasteiger partial charge on any atom is 0.265 e. The summed E-state index contributed by atoms with van der Waals surface area (Å²) >= 11 is 1.54. The second-order valence-corrected chi connectivity index (χ2v) is 11.2. The molecular formula is C22H29N3O4S2. The van der Waals surface area contributed by atoms with Crippen molar-refractivity contribution in [2.24, 2.45) is 0 Å². The number of piperazine rings is 1. The third kappa shape index (κ3) is 4.79. The summed E-state index contributed by atoms with van der Waals surface area (Å²) < 4.78 is 33.1. The molecule has 1 aromatic carbocycles. The van der Waals surface area contributed by atoms with Gasteiger partial charge in [-0.25, -0.2) is 8.42 Å². The molecule has 31 heavy (non-hydrogen) atoms. The van der Waals surface area contributed by atoms with Crippen LogP contribution < -0.4 is 10.1 Å². The summed E-state index contributed by atoms with van der Waals surface area (Å²) in [7, 11) is -0.149. The van der Waals surface area contributed by atoms with E-state index < -0.39 is 10.0 Å². The summed E-state index contributed by atoms with van der Waals surface area (Å²) in [6.45, 7) is 2.30. The number of hydrogen-bond acceptors (Lipinski definition) is 6. The van der Waals surface area contributed by atoms with Crippen molar-refractivity contribution in [1.82, 2.24) is 9.21 Å². The van der Waals surface area contributed by atoms with Crippen LogP contribution in [0, 0.1) is 0 Å². The molecule has 0 atom stereocenters. The zero-order valence-electron chi connectivity index (χ0n) is 18.0. The van der Waals surface area contributed by atoms with Gasteiger partial charge in [-0.1, -0.05) is 6.42 Å². The number of amides is 1. The molecule has 0 bridgehead atoms. The fourth-order valence-corrected chi connectivity index (χ4v) is 6.68. The van der Waals surface area contributed by atoms with Gasteiger partial charge in [0.1, 0.15) is 5.75 Å². The Morgan fingerprint density at radius 3 is 2.55 bits per heavy atom. The Morgan fingerprint density at radius 1 is 1.06 bits per heavy atom. The van der Waals surface area contributed by atoms with E-state index in [1.165, 1.54) is 51.7 Å². The van der Waals surface area contributed by atoms with Crippen LogP contribution in [0.1, 0.15) is 39.4 Å². The lowest BCUT2D eigenvalue weighted by Gasteiger charge is -2.31. The van der Waals surface area contributed by atoms with Crippen LogP contribution in [0.5, 0.6) is 5.75 Å². The number of sulfonamides is 1. The first-order chi connectivity index (χ1) is 14.9. The first-order valence-corrected chi connectivity index (χ1v) is 12.9. The van der Waals surface area contributed by atoms with Gasteiger partial charge in [0.2, 0.25) is 10.0 Å². The number of hydrogen-bond donors (Lipinski definition) is 1. The van der Waals surface area contributed by atoms with Crippen LogP contribution in [-0.4, -0.2) is 63.9 Å². The third-order valence-corrected chi connectivity index (χ3v) is 9.12. The minimum atomic E-state index is -3.64. The molecule has 1 aliphatic heterocycles. The number of fused-ring (bicyclic) bond motifs is 1. The second-order valence-electron chi connectivity index (χ2n) is 8.14. The van der Waals surface area contributed by atoms with Crippen LogP contribution in [0.3, 0.4) is 0 Å². The fraction of sp³-hybridized carbons (Fsp3) is 0.500. The Balaban J connectivity index is 1.57. The van der Waals surface area contributed by atoms with Gasteiger partial charge in [-0.2, -0.15) is 4.31 Å². The third-order valence-electron chi connectivity index (χ3n) is 5.99. The molecule has 2 aliphatic rings. The van der Waals surface area contributed by atoms with Gasteiger partial charge < -0.3 is 15.0 Å². The Hall–Kier alpha value is -1.94. The number of carbonyl (C=O) groups is 1. The van der Waals surface area contributed by atoms with E-state index in [9.17, 15) is 13.2 Å². The molecule has 4 rings (SSSR count). The molecule has 1 saturated heterocycles.